The molecule has 2 atom stereocenters. The van der Waals surface area contributed by atoms with Crippen molar-refractivity contribution < 1.29 is 19.4 Å². The minimum absolute atomic E-state index is 0.184. The number of rotatable bonds is 5. The first-order valence-corrected chi connectivity index (χ1v) is 6.94. The van der Waals surface area contributed by atoms with E-state index in [1.54, 1.807) is 26.8 Å². The molecule has 0 aliphatic heterocycles. The number of aromatic nitrogens is 2. The number of carbonyl (C=O) groups is 2. The van der Waals surface area contributed by atoms with Gasteiger partial charge in [0.1, 0.15) is 11.2 Å². The Labute approximate surface area is 123 Å². The maximum Gasteiger partial charge on any atom is 0.330 e. The molecule has 0 radical (unpaired) electrons. The average molecular weight is 295 g/mol. The Morgan fingerprint density at radius 2 is 2.24 bits per heavy atom. The molecule has 0 spiro atoms. The lowest BCUT2D eigenvalue weighted by Crippen LogP contribution is -2.76. The third kappa shape index (κ3) is 2.31. The van der Waals surface area contributed by atoms with Crippen LogP contribution in [-0.2, 0) is 9.53 Å². The van der Waals surface area contributed by atoms with Gasteiger partial charge in [-0.05, 0) is 19.9 Å². The van der Waals surface area contributed by atoms with Crippen molar-refractivity contribution in [3.8, 4) is 0 Å². The molecule has 1 heterocycles. The summed E-state index contributed by atoms with van der Waals surface area (Å²) in [5, 5.41) is 18.8. The van der Waals surface area contributed by atoms with Crippen LogP contribution in [0.15, 0.2) is 6.07 Å². The van der Waals surface area contributed by atoms with E-state index in [1.165, 1.54) is 0 Å². The van der Waals surface area contributed by atoms with Crippen molar-refractivity contribution in [2.75, 3.05) is 6.61 Å². The van der Waals surface area contributed by atoms with Crippen LogP contribution >= 0.6 is 0 Å². The van der Waals surface area contributed by atoms with Gasteiger partial charge in [0.25, 0.3) is 5.91 Å². The molecular formula is C14H21N3O4. The van der Waals surface area contributed by atoms with E-state index in [2.05, 4.69) is 15.5 Å². The minimum atomic E-state index is -1.34. The summed E-state index contributed by atoms with van der Waals surface area (Å²) in [5.41, 5.74) is -1.11. The van der Waals surface area contributed by atoms with Gasteiger partial charge < -0.3 is 15.2 Å². The molecule has 3 N–H and O–H groups in total. The van der Waals surface area contributed by atoms with Crippen LogP contribution in [0.1, 0.15) is 43.4 Å². The first-order chi connectivity index (χ1) is 9.74. The average Bonchev–Trinajstić information content (AvgIpc) is 2.83. The molecule has 1 aromatic heterocycles. The fraction of sp³-hybridized carbons (Fsp3) is 0.643. The zero-order valence-electron chi connectivity index (χ0n) is 12.7. The van der Waals surface area contributed by atoms with Crippen molar-refractivity contribution in [1.29, 1.82) is 0 Å². The number of carboxylic acids is 1. The molecule has 1 aromatic rings. The summed E-state index contributed by atoms with van der Waals surface area (Å²) in [6, 6.07) is 1.58. The molecule has 2 unspecified atom stereocenters. The molecular weight excluding hydrogens is 274 g/mol. The normalized spacial score (nSPS) is 27.0. The highest BCUT2D eigenvalue weighted by Gasteiger charge is 2.66. The van der Waals surface area contributed by atoms with Crippen molar-refractivity contribution in [1.82, 2.24) is 15.5 Å². The van der Waals surface area contributed by atoms with Crippen LogP contribution in [0.5, 0.6) is 0 Å². The molecule has 0 aromatic carbocycles. The Morgan fingerprint density at radius 1 is 1.57 bits per heavy atom. The van der Waals surface area contributed by atoms with E-state index in [1.807, 2.05) is 6.92 Å². The largest absolute Gasteiger partial charge is 0.479 e. The van der Waals surface area contributed by atoms with E-state index >= 15 is 0 Å². The van der Waals surface area contributed by atoms with Crippen LogP contribution in [0.25, 0.3) is 0 Å². The van der Waals surface area contributed by atoms with Gasteiger partial charge in [0.2, 0.25) is 0 Å². The zero-order chi connectivity index (χ0) is 15.8. The summed E-state index contributed by atoms with van der Waals surface area (Å²) in [4.78, 5) is 24.0. The van der Waals surface area contributed by atoms with Crippen molar-refractivity contribution in [3.63, 3.8) is 0 Å². The lowest BCUT2D eigenvalue weighted by atomic mass is 9.54. The predicted octanol–water partition coefficient (Wildman–Crippen LogP) is 1.11. The van der Waals surface area contributed by atoms with Gasteiger partial charge in [-0.25, -0.2) is 4.79 Å². The molecule has 1 aliphatic rings. The molecule has 7 heteroatoms. The van der Waals surface area contributed by atoms with Gasteiger partial charge in [-0.15, -0.1) is 0 Å². The Bertz CT molecular complexity index is 566. The summed E-state index contributed by atoms with van der Waals surface area (Å²) in [5.74, 6) is -1.55. The van der Waals surface area contributed by atoms with E-state index < -0.39 is 22.8 Å². The summed E-state index contributed by atoms with van der Waals surface area (Å²) in [7, 11) is 0. The molecule has 1 fully saturated rings. The molecule has 0 saturated heterocycles. The van der Waals surface area contributed by atoms with Gasteiger partial charge in [0, 0.05) is 24.1 Å². The molecule has 1 aliphatic carbocycles. The number of aromatic amines is 1. The monoisotopic (exact) mass is 295 g/mol. The lowest BCUT2D eigenvalue weighted by Gasteiger charge is -2.58. The Hall–Kier alpha value is -1.89. The van der Waals surface area contributed by atoms with Gasteiger partial charge in [0.05, 0.1) is 6.10 Å². The van der Waals surface area contributed by atoms with Gasteiger partial charge in [0.15, 0.2) is 0 Å². The fourth-order valence-electron chi connectivity index (χ4n) is 2.83. The number of H-pyrrole nitrogens is 1. The second-order valence-electron chi connectivity index (χ2n) is 5.97. The summed E-state index contributed by atoms with van der Waals surface area (Å²) in [6.45, 7) is 7.73. The fourth-order valence-corrected chi connectivity index (χ4v) is 2.83. The number of aryl methyl sites for hydroxylation is 1. The Morgan fingerprint density at radius 3 is 2.67 bits per heavy atom. The maximum atomic E-state index is 12.2. The smallest absolute Gasteiger partial charge is 0.330 e. The highest BCUT2D eigenvalue weighted by atomic mass is 16.5. The van der Waals surface area contributed by atoms with Crippen LogP contribution in [-0.4, -0.2) is 45.4 Å². The van der Waals surface area contributed by atoms with Crippen LogP contribution in [0.3, 0.4) is 0 Å². The number of nitrogens with zero attached hydrogens (tertiary/aromatic N) is 1. The van der Waals surface area contributed by atoms with E-state index in [4.69, 9.17) is 4.74 Å². The lowest BCUT2D eigenvalue weighted by molar-refractivity contribution is -0.190. The molecule has 2 rings (SSSR count). The molecule has 116 valence electrons. The van der Waals surface area contributed by atoms with Crippen molar-refractivity contribution >= 4 is 11.9 Å². The number of ether oxygens (including phenoxy) is 1. The van der Waals surface area contributed by atoms with Gasteiger partial charge in [-0.1, -0.05) is 13.8 Å². The number of hydrogen-bond donors (Lipinski definition) is 3. The van der Waals surface area contributed by atoms with E-state index in [0.717, 1.165) is 5.69 Å². The maximum absolute atomic E-state index is 12.2. The molecule has 1 saturated carbocycles. The Kier molecular flexibility index (Phi) is 3.79. The zero-order valence-corrected chi connectivity index (χ0v) is 12.7. The molecule has 1 amide bonds. The first kappa shape index (κ1) is 15.5. The van der Waals surface area contributed by atoms with Crippen molar-refractivity contribution in [2.24, 2.45) is 5.41 Å². The SMILES string of the molecule is CCOC1CC(NC(=O)c2cc(C)[nH]n2)(C(=O)O)C1(C)C. The number of hydrogen-bond acceptors (Lipinski definition) is 4. The molecule has 21 heavy (non-hydrogen) atoms. The standard InChI is InChI=1S/C14H21N3O4/c1-5-21-10-7-14(12(19)20,13(10,3)4)15-11(18)9-6-8(2)16-17-9/h6,10H,5,7H2,1-4H3,(H,15,18)(H,16,17)(H,19,20). The van der Waals surface area contributed by atoms with Crippen LogP contribution in [0, 0.1) is 12.3 Å². The second kappa shape index (κ2) is 5.14. The first-order valence-electron chi connectivity index (χ1n) is 6.94. The molecule has 0 bridgehead atoms. The topological polar surface area (TPSA) is 104 Å². The predicted molar refractivity (Wildman–Crippen MR) is 75.0 cm³/mol. The molecule has 7 nitrogen and oxygen atoms in total. The van der Waals surface area contributed by atoms with Crippen LogP contribution in [0.4, 0.5) is 0 Å². The summed E-state index contributed by atoms with van der Waals surface area (Å²) >= 11 is 0. The number of amides is 1. The highest BCUT2D eigenvalue weighted by Crippen LogP contribution is 2.51. The minimum Gasteiger partial charge on any atom is -0.479 e. The van der Waals surface area contributed by atoms with E-state index in [-0.39, 0.29) is 18.2 Å². The van der Waals surface area contributed by atoms with Crippen molar-refractivity contribution in [3.05, 3.63) is 17.5 Å². The van der Waals surface area contributed by atoms with E-state index in [9.17, 15) is 14.7 Å². The summed E-state index contributed by atoms with van der Waals surface area (Å²) in [6.07, 6.45) is 0.0537. The number of aliphatic carboxylic acids is 1. The quantitative estimate of drug-likeness (QED) is 0.754. The number of nitrogens with one attached hydrogen (secondary N) is 2. The Balaban J connectivity index is 2.22. The number of carbonyl (C=O) groups excluding carboxylic acids is 1. The highest BCUT2D eigenvalue weighted by molar-refractivity contribution is 5.97. The van der Waals surface area contributed by atoms with Gasteiger partial charge in [-0.2, -0.15) is 5.10 Å². The number of carboxylic acid groups (broad SMARTS) is 1. The third-order valence-corrected chi connectivity index (χ3v) is 4.39. The van der Waals surface area contributed by atoms with Crippen molar-refractivity contribution in [2.45, 2.75) is 45.8 Å². The van der Waals surface area contributed by atoms with E-state index in [0.29, 0.717) is 6.61 Å². The van der Waals surface area contributed by atoms with Gasteiger partial charge >= 0.3 is 5.97 Å². The van der Waals surface area contributed by atoms with Gasteiger partial charge in [-0.3, -0.25) is 9.89 Å². The second-order valence-corrected chi connectivity index (χ2v) is 5.97. The summed E-state index contributed by atoms with van der Waals surface area (Å²) < 4.78 is 5.55. The van der Waals surface area contributed by atoms with Crippen LogP contribution in [0.2, 0.25) is 0 Å². The van der Waals surface area contributed by atoms with Crippen LogP contribution < -0.4 is 5.32 Å². The third-order valence-electron chi connectivity index (χ3n) is 4.39.